The maximum Gasteiger partial charge on any atom is 0.252 e. The number of carbonyl (C=O) groups excluding carboxylic acids is 4. The zero-order valence-corrected chi connectivity index (χ0v) is 75.0. The van der Waals surface area contributed by atoms with Crippen LogP contribution >= 0.6 is 0 Å². The molecule has 4 fully saturated rings. The van der Waals surface area contributed by atoms with Crippen molar-refractivity contribution in [2.75, 3.05) is 39.6 Å². The molecule has 20 aromatic rings. The Morgan fingerprint density at radius 2 is 0.551 bits per heavy atom. The fraction of sp³-hybridized carbons (Fsp3) is 0.296. The average molecular weight is 1810 g/mol. The SMILES string of the molecule is CCOC[C@@]1(O)C[C@H]2O[C@]1(C)n1c3ccccc3c3c4c(c5c6ccccc6n2c5c31)C(=O)NC4.CCO[C@]1(CO)C[C@H]2O[C@]1(C)n1c3ccccc3c3c4c(c5c6ccccc6n2c5c31)C(=O)NC4.C[C@]12O[C@H](C[C@]1(O)CO)n1c3ccccc3c3c4c(c5c6ccccc6n2c5c31)CNC4=O.C[C@]12O[C@H](C[C@]1(O)CO)n1c3ccccc3c3c4c(c5c6ccccc6n2c5c31)CNC4=O. The first-order valence-corrected chi connectivity index (χ1v) is 47.1. The molecule has 0 unspecified atom stereocenters. The smallest absolute Gasteiger partial charge is 0.252 e. The number of aliphatic hydroxyl groups is 6. The minimum Gasteiger partial charge on any atom is -0.393 e. The van der Waals surface area contributed by atoms with Gasteiger partial charge in [0.05, 0.1) is 137 Å². The molecular weight excluding hydrogens is 1720 g/mol. The third-order valence-electron chi connectivity index (χ3n) is 33.6. The number of fused-ring (bicyclic) bond motifs is 52. The van der Waals surface area contributed by atoms with E-state index in [1.165, 1.54) is 0 Å². The number of nitrogens with zero attached hydrogens (tertiary/aromatic N) is 8. The van der Waals surface area contributed by atoms with Crippen molar-refractivity contribution in [3.05, 3.63) is 239 Å². The van der Waals surface area contributed by atoms with Gasteiger partial charge in [0, 0.05) is 151 Å². The zero-order valence-electron chi connectivity index (χ0n) is 75.0. The monoisotopic (exact) mass is 1810 g/mol. The fourth-order valence-corrected chi connectivity index (χ4v) is 27.7. The van der Waals surface area contributed by atoms with Crippen LogP contribution in [-0.4, -0.2) is 153 Å². The lowest BCUT2D eigenvalue weighted by Gasteiger charge is -2.42. The van der Waals surface area contributed by atoms with Crippen LogP contribution in [0.1, 0.15) is 156 Å². The van der Waals surface area contributed by atoms with Crippen LogP contribution in [0.5, 0.6) is 0 Å². The first-order valence-electron chi connectivity index (χ1n) is 47.1. The van der Waals surface area contributed by atoms with Gasteiger partial charge in [-0.2, -0.15) is 0 Å². The number of aliphatic hydroxyl groups excluding tert-OH is 3. The first kappa shape index (κ1) is 79.8. The Morgan fingerprint density at radius 3 is 0.824 bits per heavy atom. The molecule has 680 valence electrons. The molecule has 12 aliphatic heterocycles. The van der Waals surface area contributed by atoms with Crippen molar-refractivity contribution < 1.29 is 78.2 Å². The van der Waals surface area contributed by atoms with Gasteiger partial charge in [0.1, 0.15) is 47.3 Å². The van der Waals surface area contributed by atoms with Gasteiger partial charge in [-0.25, -0.2) is 0 Å². The van der Waals surface area contributed by atoms with E-state index in [1.807, 2.05) is 175 Å². The highest BCUT2D eigenvalue weighted by molar-refractivity contribution is 6.36. The summed E-state index contributed by atoms with van der Waals surface area (Å²) in [6.45, 7) is 13.7. The van der Waals surface area contributed by atoms with Crippen LogP contribution in [0, 0.1) is 0 Å². The van der Waals surface area contributed by atoms with Gasteiger partial charge >= 0.3 is 0 Å². The molecule has 32 rings (SSSR count). The first-order chi connectivity index (χ1) is 66.0. The minimum absolute atomic E-state index is 0.0257. The van der Waals surface area contributed by atoms with Gasteiger partial charge < -0.3 is 117 Å². The van der Waals surface area contributed by atoms with Crippen molar-refractivity contribution in [2.45, 2.75) is 164 Å². The molecule has 28 nitrogen and oxygen atoms in total. The lowest BCUT2D eigenvalue weighted by molar-refractivity contribution is -0.210. The molecule has 12 atom stereocenters. The highest BCUT2D eigenvalue weighted by Crippen LogP contribution is 2.65. The summed E-state index contributed by atoms with van der Waals surface area (Å²) >= 11 is 0. The molecule has 136 heavy (non-hydrogen) atoms. The third-order valence-corrected chi connectivity index (χ3v) is 33.6. The van der Waals surface area contributed by atoms with Crippen LogP contribution in [0.15, 0.2) is 194 Å². The van der Waals surface area contributed by atoms with Crippen LogP contribution in [0.3, 0.4) is 0 Å². The van der Waals surface area contributed by atoms with Crippen molar-refractivity contribution >= 4 is 198 Å². The molecule has 10 N–H and O–H groups in total. The van der Waals surface area contributed by atoms with E-state index in [0.717, 1.165) is 219 Å². The minimum atomic E-state index is -1.48. The number of nitrogens with one attached hydrogen (secondary N) is 4. The maximum atomic E-state index is 13.3. The van der Waals surface area contributed by atoms with E-state index in [2.05, 4.69) is 118 Å². The van der Waals surface area contributed by atoms with E-state index in [-0.39, 0.29) is 55.9 Å². The van der Waals surface area contributed by atoms with Gasteiger partial charge in [0.2, 0.25) is 0 Å². The number of ether oxygens (including phenoxy) is 6. The Labute approximate surface area is 771 Å². The Hall–Kier alpha value is -13.6. The second-order valence-corrected chi connectivity index (χ2v) is 39.6. The van der Waals surface area contributed by atoms with Crippen LogP contribution < -0.4 is 21.3 Å². The Balaban J connectivity index is 0.0000000879. The van der Waals surface area contributed by atoms with E-state index in [0.29, 0.717) is 52.2 Å². The summed E-state index contributed by atoms with van der Waals surface area (Å²) in [5, 5.41) is 95.7. The van der Waals surface area contributed by atoms with Crippen LogP contribution in [0.25, 0.3) is 174 Å². The molecule has 0 saturated carbocycles. The zero-order chi connectivity index (χ0) is 91.9. The van der Waals surface area contributed by atoms with Crippen molar-refractivity contribution in [1.82, 2.24) is 57.8 Å². The molecule has 8 bridgehead atoms. The largest absolute Gasteiger partial charge is 0.393 e. The molecule has 12 aliphatic rings. The second-order valence-electron chi connectivity index (χ2n) is 39.6. The molecule has 4 amide bonds. The fourth-order valence-electron chi connectivity index (χ4n) is 27.7. The number of aromatic nitrogens is 8. The molecule has 20 heterocycles. The summed E-state index contributed by atoms with van der Waals surface area (Å²) in [6, 6.07) is 65.2. The molecule has 28 heteroatoms. The molecule has 0 spiro atoms. The number of benzene rings is 12. The Morgan fingerprint density at radius 1 is 0.309 bits per heavy atom. The van der Waals surface area contributed by atoms with E-state index in [1.54, 1.807) is 0 Å². The number of para-hydroxylation sites is 8. The van der Waals surface area contributed by atoms with Gasteiger partial charge in [-0.05, 0) is 112 Å². The molecule has 0 aliphatic carbocycles. The van der Waals surface area contributed by atoms with Gasteiger partial charge in [-0.3, -0.25) is 19.2 Å². The molecule has 8 aromatic heterocycles. The highest BCUT2D eigenvalue weighted by Gasteiger charge is 2.67. The van der Waals surface area contributed by atoms with E-state index >= 15 is 0 Å². The second kappa shape index (κ2) is 26.4. The van der Waals surface area contributed by atoms with Crippen molar-refractivity contribution in [3.8, 4) is 0 Å². The molecular formula is C108H92N12O16. The number of carbonyl (C=O) groups is 4. The normalized spacial score (nSPS) is 27.4. The van der Waals surface area contributed by atoms with Gasteiger partial charge in [0.15, 0.2) is 22.9 Å². The van der Waals surface area contributed by atoms with E-state index in [4.69, 9.17) is 28.4 Å². The number of amides is 4. The summed E-state index contributed by atoms with van der Waals surface area (Å²) < 4.78 is 56.7. The van der Waals surface area contributed by atoms with Crippen LogP contribution in [0.4, 0.5) is 0 Å². The van der Waals surface area contributed by atoms with Gasteiger partial charge in [-0.15, -0.1) is 0 Å². The lowest BCUT2D eigenvalue weighted by Crippen LogP contribution is -2.54. The van der Waals surface area contributed by atoms with E-state index < -0.39 is 77.2 Å². The average Bonchev–Trinajstić information content (AvgIpc) is 1.51. The topological polar surface area (TPSA) is 333 Å². The molecule has 4 saturated heterocycles. The quantitative estimate of drug-likeness (QED) is 0.0676. The Kier molecular flexibility index (Phi) is 15.5. The predicted molar refractivity (Wildman–Crippen MR) is 515 cm³/mol. The standard InChI is InChI=1S/2C28H25N3O4.2C26H21N3O4/c1-3-34-14-28(33)12-20-30-18-10-6-4-8-15(18)22-23-17(13-29-26(23)32)21-16-9-5-7-11-19(16)31(25(21)24(22)30)27(28,2)35-20;1-3-34-28(14-32)12-20-30-18-10-6-4-8-15(18)22-23-17(13-29-26(23)33)21-16-9-5-7-11-19(16)31(25(21)24(22)30)27(28,2)35-20;2*1-25-26(32,12-30)10-18(33-25)28-16-8-4-2-6-13(16)20-21-15(11-27-24(21)31)19-14-7-3-5-9-17(14)29(25)23(19)22(20)28/h4-11,20,33H,3,12-14H2,1-2H3,(H,29,32);4-11,20,32H,3,12-14H2,1-2H3,(H,29,33);2*2-9,18,30,32H,10-12H2,1H3,(H,27,31)/t2*20-,27+,28+;2*18-,25+,26+/m1111/s1. The molecule has 12 aromatic carbocycles. The van der Waals surface area contributed by atoms with Crippen LogP contribution in [-0.2, 0) is 77.5 Å². The summed E-state index contributed by atoms with van der Waals surface area (Å²) in [4.78, 5) is 52.8. The van der Waals surface area contributed by atoms with Crippen molar-refractivity contribution in [2.24, 2.45) is 0 Å². The predicted octanol–water partition coefficient (Wildman–Crippen LogP) is 16.0. The van der Waals surface area contributed by atoms with Crippen molar-refractivity contribution in [1.29, 1.82) is 0 Å². The van der Waals surface area contributed by atoms with Crippen molar-refractivity contribution in [3.63, 3.8) is 0 Å². The summed E-state index contributed by atoms with van der Waals surface area (Å²) in [5.74, 6) is -0.168. The van der Waals surface area contributed by atoms with Crippen LogP contribution in [0.2, 0.25) is 0 Å². The number of rotatable bonds is 8. The third kappa shape index (κ3) is 9.02. The summed E-state index contributed by atoms with van der Waals surface area (Å²) in [6.07, 6.45) is -0.373. The Bertz CT molecular complexity index is 8800. The summed E-state index contributed by atoms with van der Waals surface area (Å²) in [7, 11) is 0. The highest BCUT2D eigenvalue weighted by atomic mass is 16.6. The van der Waals surface area contributed by atoms with E-state index in [9.17, 15) is 49.8 Å². The van der Waals surface area contributed by atoms with Gasteiger partial charge in [0.25, 0.3) is 23.6 Å². The molecule has 0 radical (unpaired) electrons. The summed E-state index contributed by atoms with van der Waals surface area (Å²) in [5.41, 5.74) is 13.1. The maximum absolute atomic E-state index is 13.3. The number of hydrogen-bond donors (Lipinski definition) is 10. The lowest BCUT2D eigenvalue weighted by atomic mass is 9.89. The number of hydrogen-bond acceptors (Lipinski definition) is 16. The van der Waals surface area contributed by atoms with Gasteiger partial charge in [-0.1, -0.05) is 146 Å².